The third kappa shape index (κ3) is 3.46. The van der Waals surface area contributed by atoms with Crippen molar-refractivity contribution in [3.63, 3.8) is 0 Å². The standard InChI is InChI=1S/C19H16N2O5/c1-26-17(23)10-12-6-8-13(9-7-12)20-16(22)11-21-18(24)14-4-2-3-5-15(14)19(21)25/h2-9H,10-11H2,1H3,(H,20,22). The summed E-state index contributed by atoms with van der Waals surface area (Å²) in [5.41, 5.74) is 1.85. The predicted molar refractivity (Wildman–Crippen MR) is 92.6 cm³/mol. The minimum absolute atomic E-state index is 0.139. The number of benzene rings is 2. The fraction of sp³-hybridized carbons (Fsp3) is 0.158. The van der Waals surface area contributed by atoms with Crippen LogP contribution in [0.2, 0.25) is 0 Å². The first-order chi connectivity index (χ1) is 12.5. The van der Waals surface area contributed by atoms with Crippen molar-refractivity contribution in [3.05, 3.63) is 65.2 Å². The number of methoxy groups -OCH3 is 1. The van der Waals surface area contributed by atoms with Crippen molar-refractivity contribution >= 4 is 29.4 Å². The molecule has 0 aromatic heterocycles. The number of ether oxygens (including phenoxy) is 1. The van der Waals surface area contributed by atoms with Gasteiger partial charge < -0.3 is 10.1 Å². The number of carbonyl (C=O) groups is 4. The van der Waals surface area contributed by atoms with Crippen LogP contribution < -0.4 is 5.32 Å². The topological polar surface area (TPSA) is 92.8 Å². The molecule has 3 amide bonds. The lowest BCUT2D eigenvalue weighted by Gasteiger charge is -2.13. The van der Waals surface area contributed by atoms with E-state index < -0.39 is 17.7 Å². The van der Waals surface area contributed by atoms with E-state index in [1.165, 1.54) is 7.11 Å². The van der Waals surface area contributed by atoms with E-state index in [2.05, 4.69) is 10.1 Å². The molecule has 0 saturated carbocycles. The number of nitrogens with one attached hydrogen (secondary N) is 1. The molecule has 1 N–H and O–H groups in total. The maximum atomic E-state index is 12.3. The number of esters is 1. The molecule has 1 aliphatic heterocycles. The third-order valence-corrected chi connectivity index (χ3v) is 3.99. The van der Waals surface area contributed by atoms with Crippen molar-refractivity contribution in [2.24, 2.45) is 0 Å². The number of carbonyl (C=O) groups excluding carboxylic acids is 4. The molecule has 0 aliphatic carbocycles. The molecule has 7 nitrogen and oxygen atoms in total. The molecule has 26 heavy (non-hydrogen) atoms. The molecule has 0 atom stereocenters. The number of anilines is 1. The van der Waals surface area contributed by atoms with E-state index in [9.17, 15) is 19.2 Å². The van der Waals surface area contributed by atoms with Crippen molar-refractivity contribution in [3.8, 4) is 0 Å². The molecule has 0 fully saturated rings. The molecular formula is C19H16N2O5. The van der Waals surface area contributed by atoms with E-state index >= 15 is 0 Å². The van der Waals surface area contributed by atoms with Crippen LogP contribution in [0.5, 0.6) is 0 Å². The largest absolute Gasteiger partial charge is 0.469 e. The third-order valence-electron chi connectivity index (χ3n) is 3.99. The second-order valence-electron chi connectivity index (χ2n) is 5.74. The Morgan fingerprint density at radius 2 is 1.54 bits per heavy atom. The number of rotatable bonds is 5. The van der Waals surface area contributed by atoms with Gasteiger partial charge >= 0.3 is 5.97 Å². The van der Waals surface area contributed by atoms with Gasteiger partial charge in [0.25, 0.3) is 11.8 Å². The number of nitrogens with zero attached hydrogens (tertiary/aromatic N) is 1. The van der Waals surface area contributed by atoms with E-state index in [1.807, 2.05) is 0 Å². The van der Waals surface area contributed by atoms with Gasteiger partial charge in [0.05, 0.1) is 24.7 Å². The van der Waals surface area contributed by atoms with E-state index in [4.69, 9.17) is 0 Å². The first-order valence-electron chi connectivity index (χ1n) is 7.90. The maximum absolute atomic E-state index is 12.3. The van der Waals surface area contributed by atoms with Gasteiger partial charge in [-0.3, -0.25) is 24.1 Å². The number of fused-ring (bicyclic) bond motifs is 1. The van der Waals surface area contributed by atoms with Gasteiger partial charge in [-0.05, 0) is 29.8 Å². The van der Waals surface area contributed by atoms with E-state index in [0.29, 0.717) is 16.8 Å². The summed E-state index contributed by atoms with van der Waals surface area (Å²) in [5, 5.41) is 2.63. The van der Waals surface area contributed by atoms with Crippen molar-refractivity contribution < 1.29 is 23.9 Å². The molecule has 0 radical (unpaired) electrons. The predicted octanol–water partition coefficient (Wildman–Crippen LogP) is 1.64. The Morgan fingerprint density at radius 3 is 2.08 bits per heavy atom. The van der Waals surface area contributed by atoms with Crippen LogP contribution in [0.3, 0.4) is 0 Å². The summed E-state index contributed by atoms with van der Waals surface area (Å²) in [6.45, 7) is -0.365. The second kappa shape index (κ2) is 7.18. The molecule has 0 spiro atoms. The molecule has 1 aliphatic rings. The Labute approximate surface area is 149 Å². The molecule has 0 saturated heterocycles. The van der Waals surface area contributed by atoms with Crippen molar-refractivity contribution in [1.82, 2.24) is 4.90 Å². The minimum Gasteiger partial charge on any atom is -0.469 e. The van der Waals surface area contributed by atoms with Crippen molar-refractivity contribution in [1.29, 1.82) is 0 Å². The van der Waals surface area contributed by atoms with Crippen LogP contribution >= 0.6 is 0 Å². The van der Waals surface area contributed by atoms with Gasteiger partial charge in [0.15, 0.2) is 0 Å². The van der Waals surface area contributed by atoms with Crippen molar-refractivity contribution in [2.75, 3.05) is 19.0 Å². The highest BCUT2D eigenvalue weighted by Crippen LogP contribution is 2.22. The quantitative estimate of drug-likeness (QED) is 0.652. The summed E-state index contributed by atoms with van der Waals surface area (Å²) in [5.74, 6) is -1.80. The summed E-state index contributed by atoms with van der Waals surface area (Å²) in [4.78, 5) is 48.8. The van der Waals surface area contributed by atoms with Crippen LogP contribution in [0.15, 0.2) is 48.5 Å². The van der Waals surface area contributed by atoms with Gasteiger partial charge in [0.2, 0.25) is 5.91 Å². The SMILES string of the molecule is COC(=O)Cc1ccc(NC(=O)CN2C(=O)c3ccccc3C2=O)cc1. The normalized spacial score (nSPS) is 12.7. The summed E-state index contributed by atoms with van der Waals surface area (Å²) >= 11 is 0. The fourth-order valence-corrected chi connectivity index (χ4v) is 2.67. The van der Waals surface area contributed by atoms with Crippen molar-refractivity contribution in [2.45, 2.75) is 6.42 Å². The Balaban J connectivity index is 1.62. The Hall–Kier alpha value is -3.48. The molecule has 7 heteroatoms. The Bertz CT molecular complexity index is 854. The van der Waals surface area contributed by atoms with Gasteiger partial charge in [0.1, 0.15) is 6.54 Å². The first-order valence-corrected chi connectivity index (χ1v) is 7.90. The number of hydrogen-bond donors (Lipinski definition) is 1. The van der Waals surface area contributed by atoms with E-state index in [-0.39, 0.29) is 18.9 Å². The number of imide groups is 1. The summed E-state index contributed by atoms with van der Waals surface area (Å²) in [6, 6.07) is 13.1. The van der Waals surface area contributed by atoms with E-state index in [0.717, 1.165) is 10.5 Å². The molecule has 0 bridgehead atoms. The second-order valence-corrected chi connectivity index (χ2v) is 5.74. The number of hydrogen-bond acceptors (Lipinski definition) is 5. The molecule has 1 heterocycles. The minimum atomic E-state index is -0.486. The van der Waals surface area contributed by atoms with Gasteiger partial charge in [-0.2, -0.15) is 0 Å². The van der Waals surface area contributed by atoms with Crippen LogP contribution in [-0.2, 0) is 20.7 Å². The first kappa shape index (κ1) is 17.3. The average molecular weight is 352 g/mol. The zero-order valence-corrected chi connectivity index (χ0v) is 14.0. The monoisotopic (exact) mass is 352 g/mol. The summed E-state index contributed by atoms with van der Waals surface area (Å²) < 4.78 is 4.59. The van der Waals surface area contributed by atoms with Gasteiger partial charge in [-0.1, -0.05) is 24.3 Å². The van der Waals surface area contributed by atoms with Crippen LogP contribution in [0.1, 0.15) is 26.3 Å². The molecule has 2 aromatic rings. The molecule has 3 rings (SSSR count). The molecule has 0 unspecified atom stereocenters. The zero-order chi connectivity index (χ0) is 18.7. The lowest BCUT2D eigenvalue weighted by Crippen LogP contribution is -2.37. The Kier molecular flexibility index (Phi) is 4.79. The van der Waals surface area contributed by atoms with Gasteiger partial charge in [-0.25, -0.2) is 0 Å². The lowest BCUT2D eigenvalue weighted by molar-refractivity contribution is -0.139. The number of amides is 3. The smallest absolute Gasteiger partial charge is 0.309 e. The maximum Gasteiger partial charge on any atom is 0.309 e. The highest BCUT2D eigenvalue weighted by molar-refractivity contribution is 6.22. The van der Waals surface area contributed by atoms with Crippen LogP contribution in [-0.4, -0.2) is 42.2 Å². The summed E-state index contributed by atoms with van der Waals surface area (Å²) in [7, 11) is 1.32. The molecule has 2 aromatic carbocycles. The highest BCUT2D eigenvalue weighted by Gasteiger charge is 2.36. The van der Waals surface area contributed by atoms with E-state index in [1.54, 1.807) is 48.5 Å². The fourth-order valence-electron chi connectivity index (χ4n) is 2.67. The molecular weight excluding hydrogens is 336 g/mol. The lowest BCUT2D eigenvalue weighted by atomic mass is 10.1. The Morgan fingerprint density at radius 1 is 0.962 bits per heavy atom. The van der Waals surface area contributed by atoms with Gasteiger partial charge in [-0.15, -0.1) is 0 Å². The zero-order valence-electron chi connectivity index (χ0n) is 14.0. The average Bonchev–Trinajstić information content (AvgIpc) is 2.88. The van der Waals surface area contributed by atoms with Gasteiger partial charge in [0, 0.05) is 5.69 Å². The summed E-state index contributed by atoms with van der Waals surface area (Å²) in [6.07, 6.45) is 0.139. The van der Waals surface area contributed by atoms with Crippen LogP contribution in [0.25, 0.3) is 0 Å². The highest BCUT2D eigenvalue weighted by atomic mass is 16.5. The molecule has 132 valence electrons. The van der Waals surface area contributed by atoms with Crippen LogP contribution in [0, 0.1) is 0 Å². The van der Waals surface area contributed by atoms with Crippen LogP contribution in [0.4, 0.5) is 5.69 Å².